The molecule has 0 spiro atoms. The first kappa shape index (κ1) is 23.4. The molecular weight excluding hydrogens is 414 g/mol. The van der Waals surface area contributed by atoms with Gasteiger partial charge in [0, 0.05) is 30.4 Å². The SMILES string of the molecule is CCCC1(C2CCN(C(=O)C(=O)C(C)CC)CC2)NC(=O)N(CCc2cccs2)C1=O. The van der Waals surface area contributed by atoms with Crippen LogP contribution < -0.4 is 5.32 Å². The van der Waals surface area contributed by atoms with E-state index in [0.717, 1.165) is 11.3 Å². The molecule has 170 valence electrons. The smallest absolute Gasteiger partial charge is 0.325 e. The molecule has 2 unspecified atom stereocenters. The average Bonchev–Trinajstić information content (AvgIpc) is 3.38. The van der Waals surface area contributed by atoms with Crippen LogP contribution in [0.15, 0.2) is 17.5 Å². The van der Waals surface area contributed by atoms with Crippen molar-refractivity contribution in [3.05, 3.63) is 22.4 Å². The number of urea groups is 1. The number of piperidine rings is 1. The Morgan fingerprint density at radius 3 is 2.55 bits per heavy atom. The van der Waals surface area contributed by atoms with Crippen LogP contribution in [0, 0.1) is 11.8 Å². The fourth-order valence-electron chi connectivity index (χ4n) is 4.70. The topological polar surface area (TPSA) is 86.8 Å². The number of nitrogens with zero attached hydrogens (tertiary/aromatic N) is 2. The fraction of sp³-hybridized carbons (Fsp3) is 0.652. The Kier molecular flexibility index (Phi) is 7.51. The third-order valence-corrected chi connectivity index (χ3v) is 7.69. The summed E-state index contributed by atoms with van der Waals surface area (Å²) in [6.07, 6.45) is 3.86. The van der Waals surface area contributed by atoms with Crippen molar-refractivity contribution in [2.24, 2.45) is 11.8 Å². The summed E-state index contributed by atoms with van der Waals surface area (Å²) in [6.45, 7) is 6.94. The van der Waals surface area contributed by atoms with E-state index in [0.29, 0.717) is 51.7 Å². The molecule has 8 heteroatoms. The van der Waals surface area contributed by atoms with Gasteiger partial charge in [-0.25, -0.2) is 4.79 Å². The zero-order valence-electron chi connectivity index (χ0n) is 18.7. The predicted molar refractivity (Wildman–Crippen MR) is 120 cm³/mol. The highest BCUT2D eigenvalue weighted by molar-refractivity contribution is 7.09. The number of hydrogen-bond acceptors (Lipinski definition) is 5. The molecule has 31 heavy (non-hydrogen) atoms. The van der Waals surface area contributed by atoms with Crippen molar-refractivity contribution in [3.63, 3.8) is 0 Å². The number of hydrogen-bond donors (Lipinski definition) is 1. The van der Waals surface area contributed by atoms with Crippen LogP contribution in [0.5, 0.6) is 0 Å². The van der Waals surface area contributed by atoms with Crippen molar-refractivity contribution < 1.29 is 19.2 Å². The number of carbonyl (C=O) groups excluding carboxylic acids is 4. The quantitative estimate of drug-likeness (QED) is 0.465. The molecule has 2 atom stereocenters. The molecule has 3 heterocycles. The highest BCUT2D eigenvalue weighted by atomic mass is 32.1. The Bertz CT molecular complexity index is 817. The first-order valence-corrected chi connectivity index (χ1v) is 12.2. The summed E-state index contributed by atoms with van der Waals surface area (Å²) in [6, 6.07) is 3.66. The Labute approximate surface area is 188 Å². The lowest BCUT2D eigenvalue weighted by molar-refractivity contribution is -0.148. The van der Waals surface area contributed by atoms with Crippen molar-refractivity contribution in [2.45, 2.75) is 64.8 Å². The minimum Gasteiger partial charge on any atom is -0.336 e. The standard InChI is InChI=1S/C23H33N3O4S/c1-4-11-23(17-8-12-25(13-9-17)20(28)19(27)16(3)5-2)21(29)26(22(30)24-23)14-10-18-7-6-15-31-18/h6-7,15-17H,4-5,8-14H2,1-3H3,(H,24,30). The Morgan fingerprint density at radius 2 is 1.97 bits per heavy atom. The van der Waals surface area contributed by atoms with Crippen LogP contribution in [-0.4, -0.2) is 58.6 Å². The normalized spacial score (nSPS) is 23.2. The predicted octanol–water partition coefficient (Wildman–Crippen LogP) is 3.24. The first-order chi connectivity index (χ1) is 14.8. The molecule has 2 saturated heterocycles. The van der Waals surface area contributed by atoms with Crippen molar-refractivity contribution in [1.82, 2.24) is 15.1 Å². The molecule has 0 aliphatic carbocycles. The maximum atomic E-state index is 13.4. The molecule has 0 aromatic carbocycles. The minimum absolute atomic E-state index is 0.0432. The molecule has 0 bridgehead atoms. The van der Waals surface area contributed by atoms with E-state index in [1.165, 1.54) is 4.90 Å². The number of amides is 4. The highest BCUT2D eigenvalue weighted by Gasteiger charge is 2.55. The number of likely N-dealkylation sites (tertiary alicyclic amines) is 1. The van der Waals surface area contributed by atoms with E-state index in [2.05, 4.69) is 5.32 Å². The number of carbonyl (C=O) groups is 4. The Morgan fingerprint density at radius 1 is 1.26 bits per heavy atom. The second-order valence-electron chi connectivity index (χ2n) is 8.68. The summed E-state index contributed by atoms with van der Waals surface area (Å²) in [5.74, 6) is -1.22. The molecule has 3 rings (SSSR count). The maximum absolute atomic E-state index is 13.4. The first-order valence-electron chi connectivity index (χ1n) is 11.3. The Hall–Kier alpha value is -2.22. The summed E-state index contributed by atoms with van der Waals surface area (Å²) in [7, 11) is 0. The zero-order valence-corrected chi connectivity index (χ0v) is 19.5. The second kappa shape index (κ2) is 9.94. The van der Waals surface area contributed by atoms with Crippen LogP contribution in [0.1, 0.15) is 57.8 Å². The van der Waals surface area contributed by atoms with Crippen LogP contribution >= 0.6 is 11.3 Å². The number of nitrogens with one attached hydrogen (secondary N) is 1. The number of thiophene rings is 1. The molecule has 2 aliphatic heterocycles. The fourth-order valence-corrected chi connectivity index (χ4v) is 5.39. The number of imide groups is 1. The minimum atomic E-state index is -0.906. The van der Waals surface area contributed by atoms with Gasteiger partial charge in [0.25, 0.3) is 11.8 Å². The van der Waals surface area contributed by atoms with Crippen LogP contribution in [0.2, 0.25) is 0 Å². The van der Waals surface area contributed by atoms with Crippen molar-refractivity contribution in [1.29, 1.82) is 0 Å². The lowest BCUT2D eigenvalue weighted by Gasteiger charge is -2.40. The summed E-state index contributed by atoms with van der Waals surface area (Å²) in [5.41, 5.74) is -0.906. The molecule has 7 nitrogen and oxygen atoms in total. The van der Waals surface area contributed by atoms with Gasteiger partial charge in [0.2, 0.25) is 5.78 Å². The summed E-state index contributed by atoms with van der Waals surface area (Å²) in [5, 5.41) is 5.02. The number of Topliss-reactive ketones (excluding diaryl/α,β-unsaturated/α-hetero) is 1. The number of rotatable bonds is 9. The van der Waals surface area contributed by atoms with Gasteiger partial charge < -0.3 is 10.2 Å². The van der Waals surface area contributed by atoms with Crippen molar-refractivity contribution in [3.8, 4) is 0 Å². The molecule has 4 amide bonds. The Balaban J connectivity index is 1.67. The maximum Gasteiger partial charge on any atom is 0.325 e. The zero-order chi connectivity index (χ0) is 22.6. The lowest BCUT2D eigenvalue weighted by Crippen LogP contribution is -2.57. The van der Waals surface area contributed by atoms with Crippen molar-refractivity contribution in [2.75, 3.05) is 19.6 Å². The third-order valence-electron chi connectivity index (χ3n) is 6.76. The van der Waals surface area contributed by atoms with Crippen LogP contribution in [0.4, 0.5) is 4.79 Å². The van der Waals surface area contributed by atoms with Gasteiger partial charge in [-0.05, 0) is 49.5 Å². The second-order valence-corrected chi connectivity index (χ2v) is 9.71. The highest BCUT2D eigenvalue weighted by Crippen LogP contribution is 2.37. The monoisotopic (exact) mass is 447 g/mol. The van der Waals surface area contributed by atoms with Gasteiger partial charge in [-0.1, -0.05) is 33.3 Å². The van der Waals surface area contributed by atoms with E-state index in [-0.39, 0.29) is 29.6 Å². The number of ketones is 1. The van der Waals surface area contributed by atoms with Gasteiger partial charge in [0.1, 0.15) is 5.54 Å². The largest absolute Gasteiger partial charge is 0.336 e. The summed E-state index contributed by atoms with van der Waals surface area (Å²) < 4.78 is 0. The van der Waals surface area contributed by atoms with Gasteiger partial charge >= 0.3 is 6.03 Å². The molecular formula is C23H33N3O4S. The van der Waals surface area contributed by atoms with Gasteiger partial charge in [-0.2, -0.15) is 0 Å². The van der Waals surface area contributed by atoms with Crippen LogP contribution in [-0.2, 0) is 20.8 Å². The van der Waals surface area contributed by atoms with Crippen LogP contribution in [0.3, 0.4) is 0 Å². The molecule has 2 aliphatic rings. The van der Waals surface area contributed by atoms with E-state index in [1.807, 2.05) is 31.4 Å². The van der Waals surface area contributed by atoms with E-state index in [4.69, 9.17) is 0 Å². The van der Waals surface area contributed by atoms with E-state index in [1.54, 1.807) is 23.2 Å². The molecule has 2 fully saturated rings. The lowest BCUT2D eigenvalue weighted by atomic mass is 9.74. The molecule has 1 aromatic heterocycles. The average molecular weight is 448 g/mol. The summed E-state index contributed by atoms with van der Waals surface area (Å²) in [4.78, 5) is 55.1. The molecule has 0 radical (unpaired) electrons. The van der Waals surface area contributed by atoms with E-state index in [9.17, 15) is 19.2 Å². The van der Waals surface area contributed by atoms with Crippen LogP contribution in [0.25, 0.3) is 0 Å². The summed E-state index contributed by atoms with van der Waals surface area (Å²) >= 11 is 1.62. The van der Waals surface area contributed by atoms with Crippen molar-refractivity contribution >= 4 is 35.0 Å². The van der Waals surface area contributed by atoms with Gasteiger partial charge in [0.05, 0.1) is 0 Å². The van der Waals surface area contributed by atoms with E-state index >= 15 is 0 Å². The third kappa shape index (κ3) is 4.68. The van der Waals surface area contributed by atoms with E-state index < -0.39 is 11.4 Å². The van der Waals surface area contributed by atoms with Gasteiger partial charge in [0.15, 0.2) is 0 Å². The molecule has 1 N–H and O–H groups in total. The van der Waals surface area contributed by atoms with Gasteiger partial charge in [-0.15, -0.1) is 11.3 Å². The van der Waals surface area contributed by atoms with Gasteiger partial charge in [-0.3, -0.25) is 19.3 Å². The molecule has 1 aromatic rings. The molecule has 0 saturated carbocycles.